The number of carbonyl (C=O) groups excluding carboxylic acids is 1. The summed E-state index contributed by atoms with van der Waals surface area (Å²) in [7, 11) is 0. The fourth-order valence-electron chi connectivity index (χ4n) is 2.29. The van der Waals surface area contributed by atoms with Crippen molar-refractivity contribution in [2.75, 3.05) is 19.7 Å². The van der Waals surface area contributed by atoms with Crippen LogP contribution in [-0.4, -0.2) is 31.6 Å². The minimum atomic E-state index is -0.0185. The van der Waals surface area contributed by atoms with Crippen LogP contribution >= 0.6 is 0 Å². The van der Waals surface area contributed by atoms with E-state index in [-0.39, 0.29) is 11.9 Å². The van der Waals surface area contributed by atoms with Crippen LogP contribution in [0.5, 0.6) is 5.75 Å². The first-order valence-corrected chi connectivity index (χ1v) is 6.96. The molecule has 1 amide bonds. The van der Waals surface area contributed by atoms with Crippen molar-refractivity contribution in [3.05, 3.63) is 30.3 Å². The van der Waals surface area contributed by atoms with Gasteiger partial charge in [0.1, 0.15) is 5.75 Å². The number of ether oxygens (including phenoxy) is 1. The first-order valence-electron chi connectivity index (χ1n) is 6.96. The summed E-state index contributed by atoms with van der Waals surface area (Å²) in [6.07, 6.45) is 1.90. The largest absolute Gasteiger partial charge is 0.494 e. The zero-order valence-electron chi connectivity index (χ0n) is 11.4. The van der Waals surface area contributed by atoms with Crippen LogP contribution in [-0.2, 0) is 4.79 Å². The third kappa shape index (κ3) is 4.24. The van der Waals surface area contributed by atoms with Gasteiger partial charge in [0.15, 0.2) is 0 Å². The van der Waals surface area contributed by atoms with Gasteiger partial charge in [0.2, 0.25) is 5.91 Å². The molecule has 0 radical (unpaired) electrons. The molecule has 0 bridgehead atoms. The number of nitrogens with one attached hydrogen (secondary N) is 2. The Bertz CT molecular complexity index is 394. The summed E-state index contributed by atoms with van der Waals surface area (Å²) < 4.78 is 5.57. The van der Waals surface area contributed by atoms with E-state index in [1.165, 1.54) is 0 Å². The topological polar surface area (TPSA) is 50.4 Å². The van der Waals surface area contributed by atoms with Crippen molar-refractivity contribution in [1.29, 1.82) is 0 Å². The van der Waals surface area contributed by atoms with Crippen molar-refractivity contribution in [3.63, 3.8) is 0 Å². The van der Waals surface area contributed by atoms with E-state index < -0.39 is 0 Å². The lowest BCUT2D eigenvalue weighted by Crippen LogP contribution is -2.43. The number of rotatable bonds is 6. The Balaban J connectivity index is 1.58. The number of benzene rings is 1. The molecule has 1 heterocycles. The van der Waals surface area contributed by atoms with Gasteiger partial charge in [-0.05, 0) is 37.4 Å². The Morgan fingerprint density at radius 2 is 2.21 bits per heavy atom. The Kier molecular flexibility index (Phi) is 5.21. The smallest absolute Gasteiger partial charge is 0.237 e. The molecule has 2 rings (SSSR count). The van der Waals surface area contributed by atoms with Crippen molar-refractivity contribution in [1.82, 2.24) is 10.6 Å². The normalized spacial score (nSPS) is 22.2. The first-order chi connectivity index (χ1) is 9.27. The van der Waals surface area contributed by atoms with Gasteiger partial charge in [0.05, 0.1) is 12.6 Å². The van der Waals surface area contributed by atoms with Gasteiger partial charge in [-0.3, -0.25) is 4.79 Å². The molecule has 4 heteroatoms. The standard InChI is InChI=1S/C15H22N2O2/c1-12-8-10-16-14(12)15(18)17-9-5-11-19-13-6-3-2-4-7-13/h2-4,6-7,12,14,16H,5,8-11H2,1H3,(H,17,18). The van der Waals surface area contributed by atoms with Gasteiger partial charge in [-0.25, -0.2) is 0 Å². The summed E-state index contributed by atoms with van der Waals surface area (Å²) >= 11 is 0. The van der Waals surface area contributed by atoms with Gasteiger partial charge in [-0.1, -0.05) is 25.1 Å². The second-order valence-electron chi connectivity index (χ2n) is 5.00. The zero-order valence-corrected chi connectivity index (χ0v) is 11.4. The molecule has 0 aliphatic carbocycles. The van der Waals surface area contributed by atoms with Crippen LogP contribution in [0, 0.1) is 5.92 Å². The van der Waals surface area contributed by atoms with Crippen molar-refractivity contribution < 1.29 is 9.53 Å². The van der Waals surface area contributed by atoms with Gasteiger partial charge in [-0.2, -0.15) is 0 Å². The molecule has 104 valence electrons. The molecule has 1 aromatic carbocycles. The molecule has 2 atom stereocenters. The highest BCUT2D eigenvalue weighted by atomic mass is 16.5. The second kappa shape index (κ2) is 7.14. The Labute approximate surface area is 114 Å². The molecule has 19 heavy (non-hydrogen) atoms. The maximum atomic E-state index is 11.9. The number of hydrogen-bond donors (Lipinski definition) is 2. The number of para-hydroxylation sites is 1. The first kappa shape index (κ1) is 13.9. The molecule has 1 saturated heterocycles. The average Bonchev–Trinajstić information content (AvgIpc) is 2.86. The minimum Gasteiger partial charge on any atom is -0.494 e. The van der Waals surface area contributed by atoms with E-state index in [1.807, 2.05) is 30.3 Å². The maximum absolute atomic E-state index is 11.9. The third-order valence-corrected chi connectivity index (χ3v) is 3.45. The summed E-state index contributed by atoms with van der Waals surface area (Å²) in [6, 6.07) is 9.71. The lowest BCUT2D eigenvalue weighted by atomic mass is 10.0. The van der Waals surface area contributed by atoms with Crippen LogP contribution in [0.4, 0.5) is 0 Å². The zero-order chi connectivity index (χ0) is 13.5. The molecule has 2 unspecified atom stereocenters. The fraction of sp³-hybridized carbons (Fsp3) is 0.533. The minimum absolute atomic E-state index is 0.0185. The molecule has 4 nitrogen and oxygen atoms in total. The highest BCUT2D eigenvalue weighted by Gasteiger charge is 2.28. The Hall–Kier alpha value is -1.55. The predicted octanol–water partition coefficient (Wildman–Crippen LogP) is 1.57. The van der Waals surface area contributed by atoms with Gasteiger partial charge in [0, 0.05) is 6.54 Å². The van der Waals surface area contributed by atoms with Crippen molar-refractivity contribution in [3.8, 4) is 5.75 Å². The SMILES string of the molecule is CC1CCNC1C(=O)NCCCOc1ccccc1. The van der Waals surface area contributed by atoms with E-state index in [0.29, 0.717) is 19.1 Å². The van der Waals surface area contributed by atoms with Crippen molar-refractivity contribution in [2.45, 2.75) is 25.8 Å². The van der Waals surface area contributed by atoms with Crippen molar-refractivity contribution >= 4 is 5.91 Å². The summed E-state index contributed by atoms with van der Waals surface area (Å²) in [5.74, 6) is 1.42. The predicted molar refractivity (Wildman–Crippen MR) is 75.1 cm³/mol. The molecule has 1 aromatic rings. The molecular formula is C15H22N2O2. The molecular weight excluding hydrogens is 240 g/mol. The lowest BCUT2D eigenvalue weighted by molar-refractivity contribution is -0.123. The molecule has 1 aliphatic heterocycles. The summed E-state index contributed by atoms with van der Waals surface area (Å²) in [4.78, 5) is 11.9. The van der Waals surface area contributed by atoms with Gasteiger partial charge in [-0.15, -0.1) is 0 Å². The second-order valence-corrected chi connectivity index (χ2v) is 5.00. The summed E-state index contributed by atoms with van der Waals surface area (Å²) in [5.41, 5.74) is 0. The molecule has 0 aromatic heterocycles. The van der Waals surface area contributed by atoms with E-state index in [4.69, 9.17) is 4.74 Å². The number of hydrogen-bond acceptors (Lipinski definition) is 3. The Morgan fingerprint density at radius 1 is 1.42 bits per heavy atom. The van der Waals surface area contributed by atoms with E-state index in [1.54, 1.807) is 0 Å². The quantitative estimate of drug-likeness (QED) is 0.765. The van der Waals surface area contributed by atoms with Crippen LogP contribution in [0.1, 0.15) is 19.8 Å². The maximum Gasteiger partial charge on any atom is 0.237 e. The summed E-state index contributed by atoms with van der Waals surface area (Å²) in [5, 5.41) is 6.19. The van der Waals surface area contributed by atoms with Crippen LogP contribution in [0.2, 0.25) is 0 Å². The average molecular weight is 262 g/mol. The van der Waals surface area contributed by atoms with E-state index in [2.05, 4.69) is 17.6 Å². The van der Waals surface area contributed by atoms with Crippen molar-refractivity contribution in [2.24, 2.45) is 5.92 Å². The molecule has 0 saturated carbocycles. The van der Waals surface area contributed by atoms with E-state index >= 15 is 0 Å². The fourth-order valence-corrected chi connectivity index (χ4v) is 2.29. The van der Waals surface area contributed by atoms with Gasteiger partial charge >= 0.3 is 0 Å². The monoisotopic (exact) mass is 262 g/mol. The van der Waals surface area contributed by atoms with Crippen LogP contribution in [0.3, 0.4) is 0 Å². The van der Waals surface area contributed by atoms with Gasteiger partial charge < -0.3 is 15.4 Å². The lowest BCUT2D eigenvalue weighted by Gasteiger charge is -2.15. The molecule has 1 aliphatic rings. The van der Waals surface area contributed by atoms with E-state index in [0.717, 1.165) is 25.1 Å². The van der Waals surface area contributed by atoms with Crippen LogP contribution < -0.4 is 15.4 Å². The van der Waals surface area contributed by atoms with E-state index in [9.17, 15) is 4.79 Å². The molecule has 2 N–H and O–H groups in total. The number of amides is 1. The Morgan fingerprint density at radius 3 is 2.89 bits per heavy atom. The third-order valence-electron chi connectivity index (χ3n) is 3.45. The molecule has 0 spiro atoms. The van der Waals surface area contributed by atoms with Crippen LogP contribution in [0.15, 0.2) is 30.3 Å². The highest BCUT2D eigenvalue weighted by Crippen LogP contribution is 2.14. The molecule has 1 fully saturated rings. The van der Waals surface area contributed by atoms with Gasteiger partial charge in [0.25, 0.3) is 0 Å². The van der Waals surface area contributed by atoms with Crippen LogP contribution in [0.25, 0.3) is 0 Å². The summed E-state index contributed by atoms with van der Waals surface area (Å²) in [6.45, 7) is 4.34. The number of carbonyl (C=O) groups is 1. The highest BCUT2D eigenvalue weighted by molar-refractivity contribution is 5.82.